The van der Waals surface area contributed by atoms with Gasteiger partial charge in [-0.25, -0.2) is 0 Å². The van der Waals surface area contributed by atoms with Crippen molar-refractivity contribution in [3.63, 3.8) is 0 Å². The van der Waals surface area contributed by atoms with E-state index in [2.05, 4.69) is 0 Å². The van der Waals surface area contributed by atoms with Gasteiger partial charge < -0.3 is 9.15 Å². The fourth-order valence-electron chi connectivity index (χ4n) is 3.05. The number of nitrogens with zero attached hydrogens (tertiary/aromatic N) is 1. The first-order valence-corrected chi connectivity index (χ1v) is 10.4. The van der Waals surface area contributed by atoms with Crippen LogP contribution in [0, 0.1) is 6.92 Å². The standard InChI is InChI=1S/C23H18ClNO4S/c1-14-3-5-15(6-4-14)13-25-22(26)21(30-23(25)27)12-17-8-10-19(29-17)16-7-9-20(28-2)18(24)11-16/h3-12H,13H2,1-2H3/b21-12-. The van der Waals surface area contributed by atoms with Crippen molar-refractivity contribution in [3.05, 3.63) is 81.4 Å². The number of amides is 2. The molecular weight excluding hydrogens is 422 g/mol. The highest BCUT2D eigenvalue weighted by atomic mass is 35.5. The van der Waals surface area contributed by atoms with E-state index in [1.54, 1.807) is 37.5 Å². The van der Waals surface area contributed by atoms with Gasteiger partial charge in [-0.1, -0.05) is 41.4 Å². The third kappa shape index (κ3) is 4.15. The first kappa shape index (κ1) is 20.3. The third-order valence-electron chi connectivity index (χ3n) is 4.67. The second-order valence-corrected chi connectivity index (χ2v) is 8.21. The van der Waals surface area contributed by atoms with Gasteiger partial charge in [-0.3, -0.25) is 14.5 Å². The molecule has 2 aromatic carbocycles. The molecule has 5 nitrogen and oxygen atoms in total. The fourth-order valence-corrected chi connectivity index (χ4v) is 4.12. The lowest BCUT2D eigenvalue weighted by atomic mass is 10.1. The maximum absolute atomic E-state index is 12.7. The summed E-state index contributed by atoms with van der Waals surface area (Å²) >= 11 is 7.09. The molecule has 2 amide bonds. The van der Waals surface area contributed by atoms with Gasteiger partial charge in [-0.05, 0) is 54.6 Å². The molecule has 0 N–H and O–H groups in total. The maximum atomic E-state index is 12.7. The molecule has 1 aromatic heterocycles. The number of ether oxygens (including phenoxy) is 1. The molecule has 1 aliphatic rings. The Hall–Kier alpha value is -2.96. The second kappa shape index (κ2) is 8.42. The predicted octanol–water partition coefficient (Wildman–Crippen LogP) is 6.15. The van der Waals surface area contributed by atoms with Gasteiger partial charge in [0.25, 0.3) is 11.1 Å². The van der Waals surface area contributed by atoms with E-state index in [-0.39, 0.29) is 17.7 Å². The maximum Gasteiger partial charge on any atom is 0.293 e. The van der Waals surface area contributed by atoms with Gasteiger partial charge in [0.2, 0.25) is 0 Å². The van der Waals surface area contributed by atoms with E-state index in [9.17, 15) is 9.59 Å². The normalized spacial score (nSPS) is 15.3. The van der Waals surface area contributed by atoms with Crippen LogP contribution in [0.1, 0.15) is 16.9 Å². The Bertz CT molecular complexity index is 1150. The van der Waals surface area contributed by atoms with Gasteiger partial charge in [0.15, 0.2) is 0 Å². The van der Waals surface area contributed by atoms with Crippen molar-refractivity contribution in [2.24, 2.45) is 0 Å². The lowest BCUT2D eigenvalue weighted by molar-refractivity contribution is -0.123. The molecule has 0 atom stereocenters. The summed E-state index contributed by atoms with van der Waals surface area (Å²) in [6, 6.07) is 16.6. The Kier molecular flexibility index (Phi) is 5.70. The van der Waals surface area contributed by atoms with Crippen LogP contribution in [0.15, 0.2) is 63.9 Å². The monoisotopic (exact) mass is 439 g/mol. The minimum Gasteiger partial charge on any atom is -0.495 e. The fraction of sp³-hybridized carbons (Fsp3) is 0.130. The molecule has 0 bridgehead atoms. The van der Waals surface area contributed by atoms with Gasteiger partial charge in [0.1, 0.15) is 17.3 Å². The van der Waals surface area contributed by atoms with E-state index in [4.69, 9.17) is 20.8 Å². The van der Waals surface area contributed by atoms with E-state index in [1.165, 1.54) is 4.90 Å². The number of aryl methyl sites for hydroxylation is 1. The largest absolute Gasteiger partial charge is 0.495 e. The van der Waals surface area contributed by atoms with Gasteiger partial charge in [-0.2, -0.15) is 0 Å². The lowest BCUT2D eigenvalue weighted by Gasteiger charge is -2.12. The molecule has 2 heterocycles. The van der Waals surface area contributed by atoms with Crippen molar-refractivity contribution < 1.29 is 18.7 Å². The number of furan rings is 1. The number of methoxy groups -OCH3 is 1. The molecule has 0 radical (unpaired) electrons. The molecule has 1 saturated heterocycles. The van der Waals surface area contributed by atoms with E-state index >= 15 is 0 Å². The quantitative estimate of drug-likeness (QED) is 0.446. The number of rotatable bonds is 5. The van der Waals surface area contributed by atoms with Crippen LogP contribution >= 0.6 is 23.4 Å². The SMILES string of the molecule is COc1ccc(-c2ccc(/C=C3\SC(=O)N(Cc4ccc(C)cc4)C3=O)o2)cc1Cl. The first-order chi connectivity index (χ1) is 14.4. The summed E-state index contributed by atoms with van der Waals surface area (Å²) in [5, 5.41) is 0.186. The van der Waals surface area contributed by atoms with Crippen LogP contribution in [0.3, 0.4) is 0 Å². The summed E-state index contributed by atoms with van der Waals surface area (Å²) in [5.41, 5.74) is 2.81. The number of benzene rings is 2. The van der Waals surface area contributed by atoms with Gasteiger partial charge in [-0.15, -0.1) is 0 Å². The topological polar surface area (TPSA) is 59.8 Å². The summed E-state index contributed by atoms with van der Waals surface area (Å²) < 4.78 is 11.0. The zero-order chi connectivity index (χ0) is 21.3. The number of hydrogen-bond acceptors (Lipinski definition) is 5. The van der Waals surface area contributed by atoms with Crippen LogP contribution in [0.2, 0.25) is 5.02 Å². The molecule has 0 saturated carbocycles. The Morgan fingerprint density at radius 3 is 2.57 bits per heavy atom. The summed E-state index contributed by atoms with van der Waals surface area (Å²) in [6.45, 7) is 2.24. The van der Waals surface area contributed by atoms with Crippen molar-refractivity contribution in [2.75, 3.05) is 7.11 Å². The van der Waals surface area contributed by atoms with Crippen molar-refractivity contribution in [3.8, 4) is 17.1 Å². The second-order valence-electron chi connectivity index (χ2n) is 6.80. The van der Waals surface area contributed by atoms with Crippen LogP contribution in [0.4, 0.5) is 4.79 Å². The molecule has 4 rings (SSSR count). The van der Waals surface area contributed by atoms with Crippen LogP contribution < -0.4 is 4.74 Å². The smallest absolute Gasteiger partial charge is 0.293 e. The number of carbonyl (C=O) groups excluding carboxylic acids is 2. The summed E-state index contributed by atoms with van der Waals surface area (Å²) in [6.07, 6.45) is 1.59. The van der Waals surface area contributed by atoms with Gasteiger partial charge in [0, 0.05) is 11.6 Å². The molecule has 7 heteroatoms. The van der Waals surface area contributed by atoms with E-state index < -0.39 is 0 Å². The number of halogens is 1. The zero-order valence-electron chi connectivity index (χ0n) is 16.3. The van der Waals surface area contributed by atoms with E-state index in [0.717, 1.165) is 28.5 Å². The molecule has 0 aliphatic carbocycles. The molecule has 3 aromatic rings. The van der Waals surface area contributed by atoms with Gasteiger partial charge in [0.05, 0.1) is 23.6 Å². The molecule has 152 valence electrons. The average Bonchev–Trinajstić information content (AvgIpc) is 3.30. The van der Waals surface area contributed by atoms with Crippen molar-refractivity contribution in [2.45, 2.75) is 13.5 Å². The minimum absolute atomic E-state index is 0.246. The third-order valence-corrected chi connectivity index (χ3v) is 5.87. The number of hydrogen-bond donors (Lipinski definition) is 0. The highest BCUT2D eigenvalue weighted by Gasteiger charge is 2.35. The molecule has 0 unspecified atom stereocenters. The molecular formula is C23H18ClNO4S. The van der Waals surface area contributed by atoms with Crippen molar-refractivity contribution in [1.29, 1.82) is 0 Å². The van der Waals surface area contributed by atoms with Crippen molar-refractivity contribution >= 4 is 40.6 Å². The molecule has 1 aliphatic heterocycles. The summed E-state index contributed by atoms with van der Waals surface area (Å²) in [4.78, 5) is 26.7. The average molecular weight is 440 g/mol. The Morgan fingerprint density at radius 1 is 1.10 bits per heavy atom. The molecule has 1 fully saturated rings. The van der Waals surface area contributed by atoms with E-state index in [1.807, 2.05) is 37.3 Å². The van der Waals surface area contributed by atoms with Crippen molar-refractivity contribution in [1.82, 2.24) is 4.90 Å². The van der Waals surface area contributed by atoms with Crippen LogP contribution in [0.5, 0.6) is 5.75 Å². The predicted molar refractivity (Wildman–Crippen MR) is 118 cm³/mol. The number of thioether (sulfide) groups is 1. The van der Waals surface area contributed by atoms with E-state index in [0.29, 0.717) is 27.2 Å². The number of carbonyl (C=O) groups is 2. The molecule has 0 spiro atoms. The highest BCUT2D eigenvalue weighted by Crippen LogP contribution is 2.35. The highest BCUT2D eigenvalue weighted by molar-refractivity contribution is 8.18. The summed E-state index contributed by atoms with van der Waals surface area (Å²) in [5.74, 6) is 1.34. The lowest BCUT2D eigenvalue weighted by Crippen LogP contribution is -2.27. The van der Waals surface area contributed by atoms with Crippen LogP contribution in [-0.4, -0.2) is 23.2 Å². The Morgan fingerprint density at radius 2 is 1.87 bits per heavy atom. The summed E-state index contributed by atoms with van der Waals surface area (Å²) in [7, 11) is 1.55. The minimum atomic E-state index is -0.323. The van der Waals surface area contributed by atoms with Crippen LogP contribution in [-0.2, 0) is 11.3 Å². The number of imide groups is 1. The Labute approximate surface area is 183 Å². The van der Waals surface area contributed by atoms with Crippen LogP contribution in [0.25, 0.3) is 17.4 Å². The Balaban J connectivity index is 1.52. The first-order valence-electron chi connectivity index (χ1n) is 9.19. The van der Waals surface area contributed by atoms with Gasteiger partial charge >= 0.3 is 0 Å². The molecule has 30 heavy (non-hydrogen) atoms. The zero-order valence-corrected chi connectivity index (χ0v) is 17.9.